The molecular weight excluding hydrogens is 388 g/mol. The average Bonchev–Trinajstić information content (AvgIpc) is 2.47. The van der Waals surface area contributed by atoms with E-state index in [0.717, 1.165) is 20.2 Å². The number of nitrogens with two attached hydrogens (primary N) is 1. The van der Waals surface area contributed by atoms with E-state index in [4.69, 9.17) is 10.9 Å². The molecule has 2 aromatic rings. The number of hydrogen-bond acceptors (Lipinski definition) is 4. The standard InChI is InChI=1S/C13H12Br2N4O/c14-9-3-4-10(15)11(6-9)18-7-8-2-1-5-17-12(8)13(16)19-20/h1-6,18,20H,7H2,(H2,16,19). The van der Waals surface area contributed by atoms with Crippen LogP contribution < -0.4 is 11.1 Å². The molecule has 0 amide bonds. The van der Waals surface area contributed by atoms with Gasteiger partial charge in [0.1, 0.15) is 5.69 Å². The van der Waals surface area contributed by atoms with Crippen LogP contribution in [0.4, 0.5) is 5.69 Å². The SMILES string of the molecule is NC(=NO)c1ncccc1CNc1cc(Br)ccc1Br. The van der Waals surface area contributed by atoms with Gasteiger partial charge in [-0.3, -0.25) is 4.98 Å². The Labute approximate surface area is 133 Å². The molecule has 1 aromatic heterocycles. The smallest absolute Gasteiger partial charge is 0.189 e. The third kappa shape index (κ3) is 3.49. The zero-order chi connectivity index (χ0) is 14.5. The second-order valence-electron chi connectivity index (χ2n) is 3.97. The summed E-state index contributed by atoms with van der Waals surface area (Å²) in [5.41, 5.74) is 7.86. The Morgan fingerprint density at radius 1 is 1.35 bits per heavy atom. The van der Waals surface area contributed by atoms with Crippen LogP contribution in [0.1, 0.15) is 11.3 Å². The molecule has 0 spiro atoms. The molecule has 4 N–H and O–H groups in total. The van der Waals surface area contributed by atoms with E-state index in [0.29, 0.717) is 12.2 Å². The zero-order valence-electron chi connectivity index (χ0n) is 10.3. The second-order valence-corrected chi connectivity index (χ2v) is 5.74. The van der Waals surface area contributed by atoms with Crippen molar-refractivity contribution in [3.05, 3.63) is 56.7 Å². The number of nitrogens with zero attached hydrogens (tertiary/aromatic N) is 2. The van der Waals surface area contributed by atoms with Gasteiger partial charge >= 0.3 is 0 Å². The van der Waals surface area contributed by atoms with Gasteiger partial charge in [0, 0.05) is 32.9 Å². The maximum Gasteiger partial charge on any atom is 0.189 e. The maximum atomic E-state index is 8.77. The van der Waals surface area contributed by atoms with Crippen molar-refractivity contribution >= 4 is 43.4 Å². The summed E-state index contributed by atoms with van der Waals surface area (Å²) in [5.74, 6) is -0.00397. The minimum atomic E-state index is -0.00397. The lowest BCUT2D eigenvalue weighted by Crippen LogP contribution is -2.18. The van der Waals surface area contributed by atoms with Crippen molar-refractivity contribution in [2.45, 2.75) is 6.54 Å². The molecule has 0 saturated heterocycles. The van der Waals surface area contributed by atoms with Gasteiger partial charge in [0.15, 0.2) is 5.84 Å². The quantitative estimate of drug-likeness (QED) is 0.318. The minimum Gasteiger partial charge on any atom is -0.409 e. The first-order chi connectivity index (χ1) is 9.61. The third-order valence-corrected chi connectivity index (χ3v) is 3.82. The van der Waals surface area contributed by atoms with Crippen molar-refractivity contribution in [1.82, 2.24) is 4.98 Å². The lowest BCUT2D eigenvalue weighted by atomic mass is 10.1. The first-order valence-electron chi connectivity index (χ1n) is 5.72. The number of pyridine rings is 1. The molecule has 0 aliphatic carbocycles. The highest BCUT2D eigenvalue weighted by atomic mass is 79.9. The van der Waals surface area contributed by atoms with Crippen molar-refractivity contribution in [1.29, 1.82) is 0 Å². The highest BCUT2D eigenvalue weighted by Crippen LogP contribution is 2.26. The molecular formula is C13H12Br2N4O. The van der Waals surface area contributed by atoms with Gasteiger partial charge in [0.2, 0.25) is 0 Å². The van der Waals surface area contributed by atoms with Gasteiger partial charge < -0.3 is 16.3 Å². The average molecular weight is 400 g/mol. The van der Waals surface area contributed by atoms with E-state index in [9.17, 15) is 0 Å². The van der Waals surface area contributed by atoms with Crippen molar-refractivity contribution in [3.8, 4) is 0 Å². The number of benzene rings is 1. The van der Waals surface area contributed by atoms with E-state index in [-0.39, 0.29) is 5.84 Å². The third-order valence-electron chi connectivity index (χ3n) is 2.64. The summed E-state index contributed by atoms with van der Waals surface area (Å²) >= 11 is 6.90. The highest BCUT2D eigenvalue weighted by Gasteiger charge is 2.08. The summed E-state index contributed by atoms with van der Waals surface area (Å²) in [5, 5.41) is 15.0. The molecule has 0 aliphatic heterocycles. The van der Waals surface area contributed by atoms with E-state index >= 15 is 0 Å². The Bertz CT molecular complexity index is 646. The molecule has 0 fully saturated rings. The number of oxime groups is 1. The molecule has 0 atom stereocenters. The first-order valence-corrected chi connectivity index (χ1v) is 7.31. The van der Waals surface area contributed by atoms with Gasteiger partial charge in [-0.25, -0.2) is 0 Å². The molecule has 0 saturated carbocycles. The number of rotatable bonds is 4. The van der Waals surface area contributed by atoms with Gasteiger partial charge in [-0.2, -0.15) is 0 Å². The molecule has 7 heteroatoms. The maximum absolute atomic E-state index is 8.77. The minimum absolute atomic E-state index is 0.00397. The van der Waals surface area contributed by atoms with Crippen LogP contribution >= 0.6 is 31.9 Å². The van der Waals surface area contributed by atoms with Crippen LogP contribution in [0.2, 0.25) is 0 Å². The fourth-order valence-corrected chi connectivity index (χ4v) is 2.43. The molecule has 0 bridgehead atoms. The van der Waals surface area contributed by atoms with Crippen LogP contribution in [0.5, 0.6) is 0 Å². The lowest BCUT2D eigenvalue weighted by Gasteiger charge is -2.11. The van der Waals surface area contributed by atoms with Crippen molar-refractivity contribution in [2.75, 3.05) is 5.32 Å². The van der Waals surface area contributed by atoms with Crippen molar-refractivity contribution < 1.29 is 5.21 Å². The summed E-state index contributed by atoms with van der Waals surface area (Å²) in [7, 11) is 0. The van der Waals surface area contributed by atoms with Gasteiger partial charge in [-0.05, 0) is 40.2 Å². The number of halogens is 2. The summed E-state index contributed by atoms with van der Waals surface area (Å²) in [4.78, 5) is 4.12. The Hall–Kier alpha value is -1.60. The molecule has 0 radical (unpaired) electrons. The fourth-order valence-electron chi connectivity index (χ4n) is 1.68. The normalized spacial score (nSPS) is 11.4. The first kappa shape index (κ1) is 14.8. The molecule has 20 heavy (non-hydrogen) atoms. The summed E-state index contributed by atoms with van der Waals surface area (Å²) in [6.45, 7) is 0.508. The van der Waals surface area contributed by atoms with Crippen LogP contribution in [-0.2, 0) is 6.54 Å². The van der Waals surface area contributed by atoms with Crippen LogP contribution in [0.15, 0.2) is 50.6 Å². The highest BCUT2D eigenvalue weighted by molar-refractivity contribution is 9.11. The predicted octanol–water partition coefficient (Wildman–Crippen LogP) is 3.31. The molecule has 104 valence electrons. The number of aromatic nitrogens is 1. The summed E-state index contributed by atoms with van der Waals surface area (Å²) in [6, 6.07) is 9.53. The van der Waals surface area contributed by atoms with Crippen molar-refractivity contribution in [2.24, 2.45) is 10.9 Å². The number of hydrogen-bond donors (Lipinski definition) is 3. The van der Waals surface area contributed by atoms with E-state index in [2.05, 4.69) is 47.3 Å². The number of anilines is 1. The van der Waals surface area contributed by atoms with E-state index in [1.54, 1.807) is 12.3 Å². The Morgan fingerprint density at radius 2 is 2.15 bits per heavy atom. The molecule has 1 heterocycles. The van der Waals surface area contributed by atoms with E-state index in [1.807, 2.05) is 24.3 Å². The molecule has 0 unspecified atom stereocenters. The lowest BCUT2D eigenvalue weighted by molar-refractivity contribution is 0.318. The summed E-state index contributed by atoms with van der Waals surface area (Å²) < 4.78 is 1.93. The Morgan fingerprint density at radius 3 is 2.90 bits per heavy atom. The molecule has 5 nitrogen and oxygen atoms in total. The largest absolute Gasteiger partial charge is 0.409 e. The van der Waals surface area contributed by atoms with Gasteiger partial charge in [0.05, 0.1) is 0 Å². The number of amidine groups is 1. The van der Waals surface area contributed by atoms with Crippen molar-refractivity contribution in [3.63, 3.8) is 0 Å². The van der Waals surface area contributed by atoms with Gasteiger partial charge in [0.25, 0.3) is 0 Å². The van der Waals surface area contributed by atoms with E-state index in [1.165, 1.54) is 0 Å². The summed E-state index contributed by atoms with van der Waals surface area (Å²) in [6.07, 6.45) is 1.60. The monoisotopic (exact) mass is 398 g/mol. The van der Waals surface area contributed by atoms with Gasteiger partial charge in [-0.15, -0.1) is 0 Å². The fraction of sp³-hybridized carbons (Fsp3) is 0.0769. The molecule has 1 aromatic carbocycles. The predicted molar refractivity (Wildman–Crippen MR) is 85.9 cm³/mol. The zero-order valence-corrected chi connectivity index (χ0v) is 13.5. The van der Waals surface area contributed by atoms with Crippen LogP contribution in [0.3, 0.4) is 0 Å². The van der Waals surface area contributed by atoms with Crippen LogP contribution in [-0.4, -0.2) is 16.0 Å². The number of nitrogens with one attached hydrogen (secondary N) is 1. The Balaban J connectivity index is 2.21. The second kappa shape index (κ2) is 6.71. The van der Waals surface area contributed by atoms with Crippen LogP contribution in [0.25, 0.3) is 0 Å². The Kier molecular flexibility index (Phi) is 4.97. The molecule has 0 aliphatic rings. The topological polar surface area (TPSA) is 83.5 Å². The van der Waals surface area contributed by atoms with Crippen LogP contribution in [0, 0.1) is 0 Å². The van der Waals surface area contributed by atoms with Gasteiger partial charge in [-0.1, -0.05) is 27.2 Å². The molecule has 2 rings (SSSR count). The van der Waals surface area contributed by atoms with E-state index < -0.39 is 0 Å².